The fraction of sp³-hybridized carbons (Fsp3) is 0.290. The number of hydrogen-bond donors (Lipinski definition) is 2. The number of aromatic nitrogens is 1. The van der Waals surface area contributed by atoms with E-state index in [1.165, 1.54) is 33.3 Å². The lowest BCUT2D eigenvalue weighted by Crippen LogP contribution is -2.35. The molecule has 0 aliphatic carbocycles. The van der Waals surface area contributed by atoms with Gasteiger partial charge in [0.25, 0.3) is 0 Å². The Morgan fingerprint density at radius 2 is 1.86 bits per heavy atom. The second-order valence-electron chi connectivity index (χ2n) is 9.63. The van der Waals surface area contributed by atoms with Gasteiger partial charge in [-0.15, -0.1) is 0 Å². The van der Waals surface area contributed by atoms with Gasteiger partial charge in [0.1, 0.15) is 5.75 Å². The average Bonchev–Trinajstić information content (AvgIpc) is 3.25. The summed E-state index contributed by atoms with van der Waals surface area (Å²) in [5, 5.41) is 11.0. The monoisotopic (exact) mass is 500 g/mol. The number of H-pyrrole nitrogens is 1. The quantitative estimate of drug-likeness (QED) is 0.243. The maximum Gasteiger partial charge on any atom is 0.119 e. The predicted molar refractivity (Wildman–Crippen MR) is 148 cm³/mol. The molecule has 1 atom stereocenters. The van der Waals surface area contributed by atoms with Crippen LogP contribution in [-0.2, 0) is 12.8 Å². The zero-order valence-corrected chi connectivity index (χ0v) is 21.5. The summed E-state index contributed by atoms with van der Waals surface area (Å²) in [5.41, 5.74) is 8.49. The van der Waals surface area contributed by atoms with Crippen molar-refractivity contribution in [3.05, 3.63) is 112 Å². The molecule has 3 aromatic carbocycles. The second-order valence-corrected chi connectivity index (χ2v) is 10.1. The van der Waals surface area contributed by atoms with Gasteiger partial charge in [0.15, 0.2) is 0 Å². The molecule has 1 aliphatic heterocycles. The average molecular weight is 501 g/mol. The molecule has 0 saturated heterocycles. The number of nitrogens with zero attached hydrogens (tertiary/aromatic N) is 1. The minimum absolute atomic E-state index is 0.0290. The SMILES string of the molecule is C=C(Cc1ccc(C)cc1)N1CCc2c([nH]c3ccc(Cl)cc23)C1c1ccc(OCCCCO)cc1. The molecule has 5 heteroatoms. The fourth-order valence-electron chi connectivity index (χ4n) is 5.14. The van der Waals surface area contributed by atoms with Crippen LogP contribution in [0, 0.1) is 6.92 Å². The van der Waals surface area contributed by atoms with Gasteiger partial charge in [-0.25, -0.2) is 0 Å². The van der Waals surface area contributed by atoms with Crippen LogP contribution in [0.4, 0.5) is 0 Å². The molecule has 2 N–H and O–H groups in total. The van der Waals surface area contributed by atoms with E-state index in [1.54, 1.807) is 0 Å². The lowest BCUT2D eigenvalue weighted by molar-refractivity contribution is 0.252. The van der Waals surface area contributed by atoms with Crippen molar-refractivity contribution in [2.24, 2.45) is 0 Å². The van der Waals surface area contributed by atoms with E-state index in [1.807, 2.05) is 18.2 Å². The molecule has 0 bridgehead atoms. The third-order valence-electron chi connectivity index (χ3n) is 7.04. The zero-order valence-electron chi connectivity index (χ0n) is 20.8. The standard InChI is InChI=1S/C31H33ClN2O2/c1-21-5-7-23(8-6-21)19-22(2)34-16-15-27-28-20-25(32)11-14-29(28)33-30(27)31(34)24-9-12-26(13-10-24)36-18-4-3-17-35/h5-14,20,31,33,35H,2-4,15-19H2,1H3. The van der Waals surface area contributed by atoms with Crippen molar-refractivity contribution in [2.45, 2.75) is 38.6 Å². The van der Waals surface area contributed by atoms with Crippen molar-refractivity contribution in [1.29, 1.82) is 0 Å². The number of aryl methyl sites for hydroxylation is 1. The van der Waals surface area contributed by atoms with E-state index in [-0.39, 0.29) is 12.6 Å². The summed E-state index contributed by atoms with van der Waals surface area (Å²) in [6.45, 7) is 8.34. The first-order valence-electron chi connectivity index (χ1n) is 12.7. The molecule has 1 aromatic heterocycles. The molecule has 1 aliphatic rings. The highest BCUT2D eigenvalue weighted by molar-refractivity contribution is 6.31. The Morgan fingerprint density at radius 1 is 1.08 bits per heavy atom. The van der Waals surface area contributed by atoms with Crippen molar-refractivity contribution in [3.63, 3.8) is 0 Å². The van der Waals surface area contributed by atoms with E-state index >= 15 is 0 Å². The van der Waals surface area contributed by atoms with Gasteiger partial charge in [0, 0.05) is 46.9 Å². The Hall–Kier alpha value is -3.21. The molecule has 0 fully saturated rings. The van der Waals surface area contributed by atoms with Gasteiger partial charge >= 0.3 is 0 Å². The number of aromatic amines is 1. The van der Waals surface area contributed by atoms with E-state index in [9.17, 15) is 0 Å². The van der Waals surface area contributed by atoms with Gasteiger partial charge in [-0.2, -0.15) is 0 Å². The molecule has 1 unspecified atom stereocenters. The lowest BCUT2D eigenvalue weighted by atomic mass is 9.91. The lowest BCUT2D eigenvalue weighted by Gasteiger charge is -2.39. The van der Waals surface area contributed by atoms with Crippen LogP contribution in [0.3, 0.4) is 0 Å². The third-order valence-corrected chi connectivity index (χ3v) is 7.28. The van der Waals surface area contributed by atoms with E-state index in [4.69, 9.17) is 21.4 Å². The van der Waals surface area contributed by atoms with E-state index < -0.39 is 0 Å². The number of nitrogens with one attached hydrogen (secondary N) is 1. The first-order chi connectivity index (χ1) is 17.5. The maximum atomic E-state index is 8.99. The van der Waals surface area contributed by atoms with E-state index in [2.05, 4.69) is 71.9 Å². The minimum atomic E-state index is 0.0290. The number of rotatable bonds is 9. The molecule has 4 aromatic rings. The Balaban J connectivity index is 1.47. The van der Waals surface area contributed by atoms with Gasteiger partial charge in [-0.05, 0) is 73.2 Å². The number of ether oxygens (including phenoxy) is 1. The van der Waals surface area contributed by atoms with Crippen LogP contribution < -0.4 is 4.74 Å². The molecular formula is C31H33ClN2O2. The second kappa shape index (κ2) is 10.8. The summed E-state index contributed by atoms with van der Waals surface area (Å²) in [4.78, 5) is 6.16. The Labute approximate surface area is 218 Å². The summed E-state index contributed by atoms with van der Waals surface area (Å²) in [6.07, 6.45) is 3.34. The van der Waals surface area contributed by atoms with Gasteiger partial charge in [-0.1, -0.05) is 60.1 Å². The fourth-order valence-corrected chi connectivity index (χ4v) is 5.31. The molecule has 4 nitrogen and oxygen atoms in total. The highest BCUT2D eigenvalue weighted by Gasteiger charge is 2.32. The molecule has 2 heterocycles. The van der Waals surface area contributed by atoms with E-state index in [0.717, 1.165) is 54.2 Å². The van der Waals surface area contributed by atoms with Crippen molar-refractivity contribution >= 4 is 22.5 Å². The third kappa shape index (κ3) is 5.16. The Kier molecular flexibility index (Phi) is 7.35. The highest BCUT2D eigenvalue weighted by atomic mass is 35.5. The van der Waals surface area contributed by atoms with Crippen LogP contribution in [0.5, 0.6) is 5.75 Å². The minimum Gasteiger partial charge on any atom is -0.494 e. The molecule has 36 heavy (non-hydrogen) atoms. The summed E-state index contributed by atoms with van der Waals surface area (Å²) < 4.78 is 5.88. The van der Waals surface area contributed by atoms with Crippen LogP contribution in [0.2, 0.25) is 5.02 Å². The van der Waals surface area contributed by atoms with Crippen LogP contribution in [0.1, 0.15) is 46.8 Å². The maximum absolute atomic E-state index is 8.99. The number of benzene rings is 3. The van der Waals surface area contributed by atoms with Crippen LogP contribution in [0.25, 0.3) is 10.9 Å². The Bertz CT molecular complexity index is 1340. The predicted octanol–water partition coefficient (Wildman–Crippen LogP) is 6.98. The van der Waals surface area contributed by atoms with Crippen molar-refractivity contribution in [1.82, 2.24) is 9.88 Å². The van der Waals surface area contributed by atoms with Crippen LogP contribution >= 0.6 is 11.6 Å². The molecular weight excluding hydrogens is 468 g/mol. The van der Waals surface area contributed by atoms with Crippen LogP contribution in [0.15, 0.2) is 79.0 Å². The number of aliphatic hydroxyl groups excluding tert-OH is 1. The number of allylic oxidation sites excluding steroid dienone is 1. The molecule has 0 radical (unpaired) electrons. The van der Waals surface area contributed by atoms with Crippen molar-refractivity contribution in [2.75, 3.05) is 19.8 Å². The molecule has 0 spiro atoms. The molecule has 0 amide bonds. The topological polar surface area (TPSA) is 48.5 Å². The number of fused-ring (bicyclic) bond motifs is 3. The molecule has 186 valence electrons. The summed E-state index contributed by atoms with van der Waals surface area (Å²) in [7, 11) is 0. The first-order valence-corrected chi connectivity index (χ1v) is 13.0. The zero-order chi connectivity index (χ0) is 25.1. The summed E-state index contributed by atoms with van der Waals surface area (Å²) in [6, 6.07) is 23.2. The number of hydrogen-bond acceptors (Lipinski definition) is 3. The van der Waals surface area contributed by atoms with Crippen LogP contribution in [-0.4, -0.2) is 34.7 Å². The number of unbranched alkanes of at least 4 members (excludes halogenated alkanes) is 1. The van der Waals surface area contributed by atoms with Gasteiger partial charge < -0.3 is 19.7 Å². The molecule has 5 rings (SSSR count). The van der Waals surface area contributed by atoms with E-state index in [0.29, 0.717) is 6.61 Å². The first kappa shape index (κ1) is 24.5. The van der Waals surface area contributed by atoms with Crippen molar-refractivity contribution in [3.8, 4) is 5.75 Å². The smallest absolute Gasteiger partial charge is 0.119 e. The van der Waals surface area contributed by atoms with Crippen molar-refractivity contribution < 1.29 is 9.84 Å². The summed E-state index contributed by atoms with van der Waals surface area (Å²) in [5.74, 6) is 0.848. The van der Waals surface area contributed by atoms with Gasteiger partial charge in [0.05, 0.1) is 12.6 Å². The highest BCUT2D eigenvalue weighted by Crippen LogP contribution is 2.41. The largest absolute Gasteiger partial charge is 0.494 e. The number of aliphatic hydroxyl groups is 1. The number of halogens is 1. The summed E-state index contributed by atoms with van der Waals surface area (Å²) >= 11 is 6.36. The normalized spacial score (nSPS) is 15.2. The molecule has 0 saturated carbocycles. The van der Waals surface area contributed by atoms with Gasteiger partial charge in [0.2, 0.25) is 0 Å². The van der Waals surface area contributed by atoms with Gasteiger partial charge in [-0.3, -0.25) is 0 Å². The Morgan fingerprint density at radius 3 is 2.61 bits per heavy atom.